The molecule has 0 unspecified atom stereocenters. The number of amides is 2. The number of nitrogens with zero attached hydrogens (tertiary/aromatic N) is 1. The third-order valence-corrected chi connectivity index (χ3v) is 5.25. The minimum atomic E-state index is -0.521. The zero-order valence-electron chi connectivity index (χ0n) is 16.9. The van der Waals surface area contributed by atoms with Crippen LogP contribution in [-0.2, 0) is 22.4 Å². The van der Waals surface area contributed by atoms with Gasteiger partial charge in [0, 0.05) is 25.3 Å². The molecule has 6 nitrogen and oxygen atoms in total. The summed E-state index contributed by atoms with van der Waals surface area (Å²) in [5.74, 6) is -1.08. The highest BCUT2D eigenvalue weighted by Crippen LogP contribution is 2.33. The summed E-state index contributed by atoms with van der Waals surface area (Å²) in [7, 11) is 3.35. The van der Waals surface area contributed by atoms with Gasteiger partial charge in [-0.2, -0.15) is 0 Å². The fraction of sp³-hybridized carbons (Fsp3) is 0.208. The molecule has 1 N–H and O–H groups in total. The minimum Gasteiger partial charge on any atom is -0.452 e. The monoisotopic (exact) mass is 402 g/mol. The Morgan fingerprint density at radius 1 is 0.933 bits per heavy atom. The molecule has 0 bridgehead atoms. The molecule has 3 aromatic rings. The molecular formula is C24H22N2O4. The van der Waals surface area contributed by atoms with Gasteiger partial charge in [-0.05, 0) is 65.1 Å². The van der Waals surface area contributed by atoms with Gasteiger partial charge >= 0.3 is 5.97 Å². The van der Waals surface area contributed by atoms with Crippen LogP contribution in [0.3, 0.4) is 0 Å². The first-order chi connectivity index (χ1) is 14.4. The maximum Gasteiger partial charge on any atom is 0.339 e. The van der Waals surface area contributed by atoms with E-state index in [2.05, 4.69) is 11.4 Å². The molecule has 3 aromatic carbocycles. The zero-order valence-corrected chi connectivity index (χ0v) is 16.9. The van der Waals surface area contributed by atoms with Crippen LogP contribution in [0.1, 0.15) is 31.8 Å². The van der Waals surface area contributed by atoms with E-state index in [9.17, 15) is 14.4 Å². The lowest BCUT2D eigenvalue weighted by Crippen LogP contribution is -2.22. The summed E-state index contributed by atoms with van der Waals surface area (Å²) in [5.41, 5.74) is 4.00. The van der Waals surface area contributed by atoms with Crippen LogP contribution in [0.25, 0.3) is 10.8 Å². The number of hydrogen-bond donors (Lipinski definition) is 1. The topological polar surface area (TPSA) is 75.7 Å². The number of benzene rings is 3. The maximum atomic E-state index is 12.6. The van der Waals surface area contributed by atoms with Crippen LogP contribution >= 0.6 is 0 Å². The first-order valence-electron chi connectivity index (χ1n) is 9.76. The van der Waals surface area contributed by atoms with Crippen LogP contribution in [0.15, 0.2) is 54.6 Å². The molecule has 4 rings (SSSR count). The molecular weight excluding hydrogens is 380 g/mol. The van der Waals surface area contributed by atoms with Gasteiger partial charge in [0.05, 0.1) is 5.56 Å². The van der Waals surface area contributed by atoms with E-state index in [4.69, 9.17) is 4.74 Å². The van der Waals surface area contributed by atoms with Gasteiger partial charge in [0.1, 0.15) is 0 Å². The van der Waals surface area contributed by atoms with Crippen molar-refractivity contribution in [2.24, 2.45) is 0 Å². The molecule has 2 amide bonds. The smallest absolute Gasteiger partial charge is 0.339 e. The average molecular weight is 402 g/mol. The number of rotatable bonds is 5. The van der Waals surface area contributed by atoms with Gasteiger partial charge in [-0.3, -0.25) is 9.59 Å². The van der Waals surface area contributed by atoms with E-state index in [-0.39, 0.29) is 12.5 Å². The third-order valence-electron chi connectivity index (χ3n) is 5.25. The SMILES string of the molecule is CN(C)C(=O)c1ccc(NC(=O)COC(=O)c2ccc3c4c(cccc24)CC3)cc1. The number of anilines is 1. The molecule has 0 saturated carbocycles. The largest absolute Gasteiger partial charge is 0.452 e. The molecule has 0 aliphatic heterocycles. The van der Waals surface area contributed by atoms with Crippen molar-refractivity contribution in [3.05, 3.63) is 76.9 Å². The Labute approximate surface area is 174 Å². The Balaban J connectivity index is 1.40. The molecule has 152 valence electrons. The lowest BCUT2D eigenvalue weighted by atomic mass is 10.00. The van der Waals surface area contributed by atoms with E-state index in [0.29, 0.717) is 16.8 Å². The standard InChI is InChI=1S/C24H22N2O4/c1-26(2)23(28)17-8-11-18(12-9-17)25-21(27)14-30-24(29)20-13-10-16-7-6-15-4-3-5-19(20)22(15)16/h3-5,8-13H,6-7,14H2,1-2H3,(H,25,27). The van der Waals surface area contributed by atoms with E-state index in [1.807, 2.05) is 18.2 Å². The lowest BCUT2D eigenvalue weighted by Gasteiger charge is -2.11. The first kappa shape index (κ1) is 19.6. The van der Waals surface area contributed by atoms with E-state index < -0.39 is 11.9 Å². The number of carbonyl (C=O) groups excluding carboxylic acids is 3. The van der Waals surface area contributed by atoms with Crippen molar-refractivity contribution in [3.63, 3.8) is 0 Å². The second-order valence-electron chi connectivity index (χ2n) is 7.51. The van der Waals surface area contributed by atoms with Crippen molar-refractivity contribution in [1.29, 1.82) is 0 Å². The van der Waals surface area contributed by atoms with Gasteiger partial charge in [-0.15, -0.1) is 0 Å². The third kappa shape index (κ3) is 3.76. The summed E-state index contributed by atoms with van der Waals surface area (Å²) in [6.07, 6.45) is 1.96. The number of carbonyl (C=O) groups is 3. The van der Waals surface area contributed by atoms with Crippen LogP contribution in [0, 0.1) is 0 Å². The first-order valence-corrected chi connectivity index (χ1v) is 9.76. The Kier molecular flexibility index (Phi) is 5.23. The normalized spacial score (nSPS) is 11.9. The van der Waals surface area contributed by atoms with Gasteiger partial charge in [-0.25, -0.2) is 4.79 Å². The summed E-state index contributed by atoms with van der Waals surface area (Å²) in [6, 6.07) is 16.2. The van der Waals surface area contributed by atoms with Gasteiger partial charge < -0.3 is 15.0 Å². The maximum absolute atomic E-state index is 12.6. The van der Waals surface area contributed by atoms with E-state index in [1.54, 1.807) is 44.4 Å². The van der Waals surface area contributed by atoms with E-state index in [1.165, 1.54) is 16.0 Å². The average Bonchev–Trinajstić information content (AvgIpc) is 3.17. The molecule has 0 spiro atoms. The van der Waals surface area contributed by atoms with Gasteiger partial charge in [0.2, 0.25) is 0 Å². The number of aryl methyl sites for hydroxylation is 2. The Morgan fingerprint density at radius 3 is 2.33 bits per heavy atom. The van der Waals surface area contributed by atoms with Crippen LogP contribution in [0.5, 0.6) is 0 Å². The molecule has 30 heavy (non-hydrogen) atoms. The van der Waals surface area contributed by atoms with Gasteiger partial charge in [0.25, 0.3) is 11.8 Å². The van der Waals surface area contributed by atoms with Gasteiger partial charge in [-0.1, -0.05) is 24.3 Å². The molecule has 0 heterocycles. The molecule has 0 aromatic heterocycles. The minimum absolute atomic E-state index is 0.118. The molecule has 1 aliphatic carbocycles. The molecule has 6 heteroatoms. The second kappa shape index (κ2) is 7.99. The number of nitrogens with one attached hydrogen (secondary N) is 1. The number of ether oxygens (including phenoxy) is 1. The van der Waals surface area contributed by atoms with Gasteiger partial charge in [0.15, 0.2) is 6.61 Å². The van der Waals surface area contributed by atoms with Crippen molar-refractivity contribution in [2.45, 2.75) is 12.8 Å². The predicted molar refractivity (Wildman–Crippen MR) is 115 cm³/mol. The van der Waals surface area contributed by atoms with Crippen LogP contribution in [0.2, 0.25) is 0 Å². The van der Waals surface area contributed by atoms with E-state index in [0.717, 1.165) is 23.6 Å². The molecule has 0 saturated heterocycles. The fourth-order valence-corrected chi connectivity index (χ4v) is 3.79. The summed E-state index contributed by atoms with van der Waals surface area (Å²) in [6.45, 7) is -0.389. The second-order valence-corrected chi connectivity index (χ2v) is 7.51. The highest BCUT2D eigenvalue weighted by Gasteiger charge is 2.20. The summed E-state index contributed by atoms with van der Waals surface area (Å²) in [5, 5.41) is 4.67. The number of hydrogen-bond acceptors (Lipinski definition) is 4. The summed E-state index contributed by atoms with van der Waals surface area (Å²) >= 11 is 0. The van der Waals surface area contributed by atoms with E-state index >= 15 is 0 Å². The Morgan fingerprint density at radius 2 is 1.63 bits per heavy atom. The molecule has 0 fully saturated rings. The molecule has 0 radical (unpaired) electrons. The fourth-order valence-electron chi connectivity index (χ4n) is 3.79. The molecule has 1 aliphatic rings. The number of esters is 1. The highest BCUT2D eigenvalue weighted by molar-refractivity contribution is 6.07. The lowest BCUT2D eigenvalue weighted by molar-refractivity contribution is -0.119. The molecule has 0 atom stereocenters. The van der Waals surface area contributed by atoms with Crippen LogP contribution < -0.4 is 5.32 Å². The van der Waals surface area contributed by atoms with Crippen molar-refractivity contribution in [2.75, 3.05) is 26.0 Å². The van der Waals surface area contributed by atoms with Crippen molar-refractivity contribution in [3.8, 4) is 0 Å². The Hall–Kier alpha value is -3.67. The van der Waals surface area contributed by atoms with Crippen molar-refractivity contribution < 1.29 is 19.1 Å². The summed E-state index contributed by atoms with van der Waals surface area (Å²) in [4.78, 5) is 38.2. The predicted octanol–water partition coefficient (Wildman–Crippen LogP) is 3.44. The van der Waals surface area contributed by atoms with Crippen LogP contribution in [0.4, 0.5) is 5.69 Å². The summed E-state index contributed by atoms with van der Waals surface area (Å²) < 4.78 is 5.25. The van der Waals surface area contributed by atoms with Crippen molar-refractivity contribution in [1.82, 2.24) is 4.90 Å². The highest BCUT2D eigenvalue weighted by atomic mass is 16.5. The quantitative estimate of drug-likeness (QED) is 0.664. The van der Waals surface area contributed by atoms with Crippen LogP contribution in [-0.4, -0.2) is 43.4 Å². The Bertz CT molecular complexity index is 1140. The van der Waals surface area contributed by atoms with Crippen molar-refractivity contribution >= 4 is 34.2 Å². The zero-order chi connectivity index (χ0) is 21.3.